The summed E-state index contributed by atoms with van der Waals surface area (Å²) in [7, 11) is 0. The van der Waals surface area contributed by atoms with Crippen LogP contribution in [-0.2, 0) is 12.8 Å². The lowest BCUT2D eigenvalue weighted by Gasteiger charge is -2.22. The highest BCUT2D eigenvalue weighted by Crippen LogP contribution is 2.34. The van der Waals surface area contributed by atoms with Gasteiger partial charge in [-0.05, 0) is 55.9 Å². The van der Waals surface area contributed by atoms with E-state index in [1.807, 2.05) is 12.1 Å². The first-order chi connectivity index (χ1) is 11.3. The van der Waals surface area contributed by atoms with E-state index in [4.69, 9.17) is 16.6 Å². The van der Waals surface area contributed by atoms with Crippen LogP contribution in [0.3, 0.4) is 0 Å². The van der Waals surface area contributed by atoms with E-state index in [0.717, 1.165) is 36.3 Å². The highest BCUT2D eigenvalue weighted by molar-refractivity contribution is 6.31. The van der Waals surface area contributed by atoms with Crippen LogP contribution < -0.4 is 5.32 Å². The largest absolute Gasteiger partial charge is 0.384 e. The molecule has 1 heterocycles. The maximum absolute atomic E-state index is 6.16. The molecule has 0 aliphatic heterocycles. The van der Waals surface area contributed by atoms with E-state index < -0.39 is 0 Å². The van der Waals surface area contributed by atoms with Crippen LogP contribution in [0, 0.1) is 6.92 Å². The van der Waals surface area contributed by atoms with Crippen molar-refractivity contribution in [2.45, 2.75) is 57.8 Å². The average molecular weight is 330 g/mol. The highest BCUT2D eigenvalue weighted by Gasteiger charge is 2.18. The molecule has 2 aromatic rings. The van der Waals surface area contributed by atoms with Gasteiger partial charge in [0.25, 0.3) is 0 Å². The van der Waals surface area contributed by atoms with Gasteiger partial charge in [-0.2, -0.15) is 0 Å². The zero-order valence-electron chi connectivity index (χ0n) is 13.8. The molecule has 0 bridgehead atoms. The summed E-state index contributed by atoms with van der Waals surface area (Å²) in [4.78, 5) is 4.87. The number of benzene rings is 1. The van der Waals surface area contributed by atoms with Gasteiger partial charge in [-0.25, -0.2) is 0 Å². The fourth-order valence-corrected chi connectivity index (χ4v) is 3.64. The summed E-state index contributed by atoms with van der Waals surface area (Å²) in [5.74, 6) is 0. The van der Waals surface area contributed by atoms with Crippen molar-refractivity contribution in [1.29, 1.82) is 0 Å². The van der Waals surface area contributed by atoms with Crippen molar-refractivity contribution in [3.05, 3.63) is 41.4 Å². The van der Waals surface area contributed by atoms with Gasteiger partial charge < -0.3 is 5.32 Å². The first-order valence-corrected chi connectivity index (χ1v) is 9.31. The van der Waals surface area contributed by atoms with Gasteiger partial charge >= 0.3 is 0 Å². The Morgan fingerprint density at radius 3 is 2.78 bits per heavy atom. The Balaban J connectivity index is 1.81. The Hall–Kier alpha value is -1.28. The van der Waals surface area contributed by atoms with E-state index in [-0.39, 0.29) is 0 Å². The van der Waals surface area contributed by atoms with E-state index in [1.54, 1.807) is 0 Å². The number of nitrogens with zero attached hydrogens (tertiary/aromatic N) is 1. The summed E-state index contributed by atoms with van der Waals surface area (Å²) < 4.78 is 0. The number of nitrogens with one attached hydrogen (secondary N) is 1. The van der Waals surface area contributed by atoms with Gasteiger partial charge in [0.1, 0.15) is 0 Å². The lowest BCUT2D eigenvalue weighted by Crippen LogP contribution is -2.12. The molecule has 2 nitrogen and oxygen atoms in total. The number of hydrogen-bond donors (Lipinski definition) is 1. The second-order valence-electron chi connectivity index (χ2n) is 6.48. The van der Waals surface area contributed by atoms with Crippen LogP contribution in [0.15, 0.2) is 18.2 Å². The molecule has 1 radical (unpaired) electrons. The number of hydrogen-bond acceptors (Lipinski definition) is 2. The molecule has 0 saturated carbocycles. The third-order valence-electron chi connectivity index (χ3n) is 4.70. The first-order valence-electron chi connectivity index (χ1n) is 8.93. The number of aryl methyl sites for hydroxylation is 1. The molecule has 0 spiro atoms. The number of fused-ring (bicyclic) bond motifs is 2. The van der Waals surface area contributed by atoms with Crippen LogP contribution in [0.25, 0.3) is 10.9 Å². The monoisotopic (exact) mass is 329 g/mol. The van der Waals surface area contributed by atoms with Crippen molar-refractivity contribution in [2.75, 3.05) is 11.9 Å². The van der Waals surface area contributed by atoms with Crippen LogP contribution in [0.2, 0.25) is 5.02 Å². The van der Waals surface area contributed by atoms with Crippen LogP contribution in [0.4, 0.5) is 5.69 Å². The number of anilines is 1. The molecule has 123 valence electrons. The van der Waals surface area contributed by atoms with Crippen molar-refractivity contribution in [1.82, 2.24) is 4.98 Å². The van der Waals surface area contributed by atoms with Gasteiger partial charge in [0.15, 0.2) is 0 Å². The van der Waals surface area contributed by atoms with Gasteiger partial charge in [0, 0.05) is 28.3 Å². The molecule has 1 N–H and O–H groups in total. The van der Waals surface area contributed by atoms with Crippen molar-refractivity contribution >= 4 is 28.2 Å². The smallest absolute Gasteiger partial charge is 0.0741 e. The number of pyridine rings is 1. The lowest BCUT2D eigenvalue weighted by atomic mass is 9.92. The Kier molecular flexibility index (Phi) is 5.77. The Labute approximate surface area is 144 Å². The van der Waals surface area contributed by atoms with Crippen LogP contribution in [0.1, 0.15) is 56.2 Å². The van der Waals surface area contributed by atoms with Crippen molar-refractivity contribution in [3.63, 3.8) is 0 Å². The van der Waals surface area contributed by atoms with E-state index in [0.29, 0.717) is 0 Å². The number of aromatic nitrogens is 1. The molecule has 1 aliphatic rings. The minimum absolute atomic E-state index is 0.764. The second kappa shape index (κ2) is 8.01. The number of unbranched alkanes of at least 4 members (excludes halogenated alkanes) is 4. The predicted octanol–water partition coefficient (Wildman–Crippen LogP) is 5.96. The molecule has 1 aromatic carbocycles. The topological polar surface area (TPSA) is 24.9 Å². The lowest BCUT2D eigenvalue weighted by molar-refractivity contribution is 0.656. The maximum Gasteiger partial charge on any atom is 0.0741 e. The van der Waals surface area contributed by atoms with Gasteiger partial charge in [-0.15, -0.1) is 0 Å². The maximum atomic E-state index is 6.16. The molecule has 23 heavy (non-hydrogen) atoms. The van der Waals surface area contributed by atoms with E-state index in [1.165, 1.54) is 60.9 Å². The summed E-state index contributed by atoms with van der Waals surface area (Å²) in [6.45, 7) is 4.94. The van der Waals surface area contributed by atoms with Crippen molar-refractivity contribution in [2.24, 2.45) is 0 Å². The number of rotatable bonds is 7. The number of halogens is 1. The Bertz CT molecular complexity index is 666. The fraction of sp³-hybridized carbons (Fsp3) is 0.500. The standard InChI is InChI=1S/C20H26ClN2/c1-2-3-4-5-8-13-22-20-16-9-6-7-10-18(16)23-19-14-15(21)11-12-17(19)20/h11-12,14H,1-10,13H2,(H,22,23). The molecule has 0 unspecified atom stereocenters. The van der Waals surface area contributed by atoms with Crippen molar-refractivity contribution < 1.29 is 0 Å². The molecule has 0 atom stereocenters. The minimum Gasteiger partial charge on any atom is -0.384 e. The molecular formula is C20H26ClN2. The molecule has 0 saturated heterocycles. The molecule has 1 aliphatic carbocycles. The summed E-state index contributed by atoms with van der Waals surface area (Å²) in [5.41, 5.74) is 5.03. The summed E-state index contributed by atoms with van der Waals surface area (Å²) in [6, 6.07) is 6.08. The van der Waals surface area contributed by atoms with E-state index in [9.17, 15) is 0 Å². The van der Waals surface area contributed by atoms with Gasteiger partial charge in [-0.3, -0.25) is 4.98 Å². The zero-order chi connectivity index (χ0) is 16.1. The normalized spacial score (nSPS) is 14.0. The summed E-state index contributed by atoms with van der Waals surface area (Å²) in [5, 5.41) is 5.69. The van der Waals surface area contributed by atoms with Gasteiger partial charge in [0.2, 0.25) is 0 Å². The van der Waals surface area contributed by atoms with Crippen LogP contribution in [0.5, 0.6) is 0 Å². The van der Waals surface area contributed by atoms with Gasteiger partial charge in [0.05, 0.1) is 5.52 Å². The van der Waals surface area contributed by atoms with Crippen LogP contribution >= 0.6 is 11.6 Å². The predicted molar refractivity (Wildman–Crippen MR) is 100 cm³/mol. The third-order valence-corrected chi connectivity index (χ3v) is 4.94. The molecule has 3 rings (SSSR count). The summed E-state index contributed by atoms with van der Waals surface area (Å²) in [6.07, 6.45) is 10.8. The molecule has 0 amide bonds. The molecular weight excluding hydrogens is 304 g/mol. The second-order valence-corrected chi connectivity index (χ2v) is 6.91. The average Bonchev–Trinajstić information content (AvgIpc) is 2.56. The van der Waals surface area contributed by atoms with Crippen LogP contribution in [-0.4, -0.2) is 11.5 Å². The van der Waals surface area contributed by atoms with Crippen molar-refractivity contribution in [3.8, 4) is 0 Å². The quantitative estimate of drug-likeness (QED) is 0.633. The zero-order valence-corrected chi connectivity index (χ0v) is 14.6. The first kappa shape index (κ1) is 16.6. The minimum atomic E-state index is 0.764. The van der Waals surface area contributed by atoms with E-state index in [2.05, 4.69) is 18.3 Å². The Morgan fingerprint density at radius 1 is 1.09 bits per heavy atom. The van der Waals surface area contributed by atoms with E-state index >= 15 is 0 Å². The fourth-order valence-electron chi connectivity index (χ4n) is 3.47. The Morgan fingerprint density at radius 2 is 1.91 bits per heavy atom. The SMILES string of the molecule is [CH2]CCCCCCNc1c2c(nc3cc(Cl)ccc13)CCCC2. The molecule has 3 heteroatoms. The molecule has 0 fully saturated rings. The summed E-state index contributed by atoms with van der Waals surface area (Å²) >= 11 is 6.16. The van der Waals surface area contributed by atoms with Gasteiger partial charge in [-0.1, -0.05) is 44.2 Å². The third kappa shape index (κ3) is 3.98. The highest BCUT2D eigenvalue weighted by atomic mass is 35.5. The molecule has 1 aromatic heterocycles.